The van der Waals surface area contributed by atoms with Gasteiger partial charge in [-0.15, -0.1) is 0 Å². The van der Waals surface area contributed by atoms with E-state index < -0.39 is 0 Å². The van der Waals surface area contributed by atoms with Crippen LogP contribution in [0.3, 0.4) is 0 Å². The fourth-order valence-corrected chi connectivity index (χ4v) is 5.06. The summed E-state index contributed by atoms with van der Waals surface area (Å²) in [5.74, 6) is 1.46. The summed E-state index contributed by atoms with van der Waals surface area (Å²) in [6.07, 6.45) is 2.14. The molecule has 33 heavy (non-hydrogen) atoms. The lowest BCUT2D eigenvalue weighted by Gasteiger charge is -2.41. The van der Waals surface area contributed by atoms with Gasteiger partial charge in [-0.2, -0.15) is 0 Å². The molecular weight excluding hydrogens is 458 g/mol. The standard InChI is InChI=1S/C25H28ClN3O3S/c1-18(15-27(2)3)32-22-11-9-21(10-12-22)28-25(30)13-20-16-31-24(26)14-23(20)29(28)33-17-19-7-5-4-6-8-19/h4-12,14,18H,13,15-17H2,1-3H3. The SMILES string of the molecule is CC(CN(C)C)Oc1ccc(N2C(=O)CC3=C(C=C(Cl)OC3)N2SCc2ccccc2)cc1. The number of rotatable bonds is 8. The van der Waals surface area contributed by atoms with Crippen molar-refractivity contribution in [3.05, 3.63) is 82.7 Å². The maximum Gasteiger partial charge on any atom is 0.250 e. The molecule has 8 heteroatoms. The first kappa shape index (κ1) is 23.5. The molecule has 0 fully saturated rings. The van der Waals surface area contributed by atoms with Crippen LogP contribution in [0.5, 0.6) is 5.75 Å². The molecule has 0 saturated heterocycles. The van der Waals surface area contributed by atoms with Crippen molar-refractivity contribution in [1.29, 1.82) is 0 Å². The van der Waals surface area contributed by atoms with Crippen molar-refractivity contribution >= 4 is 35.1 Å². The van der Waals surface area contributed by atoms with Crippen molar-refractivity contribution in [2.24, 2.45) is 0 Å². The Bertz CT molecular complexity index is 1040. The molecule has 0 bridgehead atoms. The molecule has 0 N–H and O–H groups in total. The van der Waals surface area contributed by atoms with E-state index in [2.05, 4.69) is 17.0 Å². The zero-order valence-electron chi connectivity index (χ0n) is 19.0. The number of ether oxygens (including phenoxy) is 2. The molecule has 6 nitrogen and oxygen atoms in total. The Kier molecular flexibility index (Phi) is 7.53. The van der Waals surface area contributed by atoms with Gasteiger partial charge in [0.05, 0.1) is 17.8 Å². The lowest BCUT2D eigenvalue weighted by molar-refractivity contribution is -0.120. The van der Waals surface area contributed by atoms with Gasteiger partial charge in [-0.1, -0.05) is 30.3 Å². The van der Waals surface area contributed by atoms with Gasteiger partial charge in [0.15, 0.2) is 5.22 Å². The topological polar surface area (TPSA) is 45.3 Å². The molecule has 4 rings (SSSR count). The highest BCUT2D eigenvalue weighted by Gasteiger charge is 2.35. The first-order chi connectivity index (χ1) is 15.9. The van der Waals surface area contributed by atoms with Crippen LogP contribution in [0.4, 0.5) is 5.69 Å². The average molecular weight is 486 g/mol. The van der Waals surface area contributed by atoms with Gasteiger partial charge in [0.1, 0.15) is 18.5 Å². The van der Waals surface area contributed by atoms with E-state index in [1.54, 1.807) is 23.0 Å². The highest BCUT2D eigenvalue weighted by atomic mass is 35.5. The van der Waals surface area contributed by atoms with Crippen LogP contribution < -0.4 is 9.75 Å². The molecule has 1 atom stereocenters. The Morgan fingerprint density at radius 3 is 2.58 bits per heavy atom. The second-order valence-electron chi connectivity index (χ2n) is 8.32. The van der Waals surface area contributed by atoms with Crippen molar-refractivity contribution < 1.29 is 14.3 Å². The third-order valence-corrected chi connectivity index (χ3v) is 6.51. The zero-order valence-corrected chi connectivity index (χ0v) is 20.6. The normalized spacial score (nSPS) is 17.0. The number of nitrogens with zero attached hydrogens (tertiary/aromatic N) is 3. The Hall–Kier alpha value is -2.61. The summed E-state index contributed by atoms with van der Waals surface area (Å²) in [5, 5.41) is 2.04. The molecular formula is C25H28ClN3O3S. The number of likely N-dealkylation sites (N-methyl/N-ethyl adjacent to an activating group) is 1. The number of anilines is 1. The fourth-order valence-electron chi connectivity index (χ4n) is 3.82. The molecule has 0 saturated carbocycles. The van der Waals surface area contributed by atoms with E-state index in [0.717, 1.165) is 29.3 Å². The van der Waals surface area contributed by atoms with E-state index in [1.807, 2.05) is 67.9 Å². The fraction of sp³-hybridized carbons (Fsp3) is 0.320. The van der Waals surface area contributed by atoms with E-state index in [-0.39, 0.29) is 18.4 Å². The van der Waals surface area contributed by atoms with E-state index >= 15 is 0 Å². The second kappa shape index (κ2) is 10.5. The van der Waals surface area contributed by atoms with Crippen molar-refractivity contribution in [2.75, 3.05) is 32.3 Å². The smallest absolute Gasteiger partial charge is 0.250 e. The number of carbonyl (C=O) groups excluding carboxylic acids is 1. The number of hydrogen-bond donors (Lipinski definition) is 0. The predicted octanol–water partition coefficient (Wildman–Crippen LogP) is 5.18. The molecule has 0 radical (unpaired) electrons. The molecule has 2 aromatic rings. The van der Waals surface area contributed by atoms with Gasteiger partial charge in [-0.05, 0) is 74.4 Å². The van der Waals surface area contributed by atoms with Gasteiger partial charge in [0.2, 0.25) is 0 Å². The number of allylic oxidation sites excluding steroid dienone is 1. The quantitative estimate of drug-likeness (QED) is 0.480. The first-order valence-corrected chi connectivity index (χ1v) is 12.2. The first-order valence-electron chi connectivity index (χ1n) is 10.8. The van der Waals surface area contributed by atoms with E-state index in [4.69, 9.17) is 21.1 Å². The number of amides is 1. The Morgan fingerprint density at radius 1 is 1.15 bits per heavy atom. The van der Waals surface area contributed by atoms with Crippen molar-refractivity contribution in [1.82, 2.24) is 9.31 Å². The van der Waals surface area contributed by atoms with Crippen LogP contribution in [-0.4, -0.2) is 48.6 Å². The molecule has 2 aliphatic heterocycles. The van der Waals surface area contributed by atoms with Crippen LogP contribution in [-0.2, 0) is 15.3 Å². The minimum absolute atomic E-state index is 0.0148. The number of benzene rings is 2. The van der Waals surface area contributed by atoms with Gasteiger partial charge >= 0.3 is 0 Å². The highest BCUT2D eigenvalue weighted by Crippen LogP contribution is 2.39. The molecule has 0 aromatic heterocycles. The minimum atomic E-state index is -0.0148. The Labute approximate surface area is 204 Å². The molecule has 174 valence electrons. The van der Waals surface area contributed by atoms with Crippen LogP contribution >= 0.6 is 23.5 Å². The van der Waals surface area contributed by atoms with Gasteiger partial charge < -0.3 is 14.4 Å². The van der Waals surface area contributed by atoms with Crippen LogP contribution in [0.25, 0.3) is 0 Å². The van der Waals surface area contributed by atoms with E-state index in [0.29, 0.717) is 17.6 Å². The maximum atomic E-state index is 13.2. The summed E-state index contributed by atoms with van der Waals surface area (Å²) in [6.45, 7) is 3.19. The molecule has 1 amide bonds. The number of hydrazine groups is 1. The molecule has 2 aliphatic rings. The average Bonchev–Trinajstić information content (AvgIpc) is 2.78. The predicted molar refractivity (Wildman–Crippen MR) is 134 cm³/mol. The lowest BCUT2D eigenvalue weighted by Crippen LogP contribution is -2.47. The summed E-state index contributed by atoms with van der Waals surface area (Å²) in [5.41, 5.74) is 3.77. The van der Waals surface area contributed by atoms with Crippen molar-refractivity contribution in [3.8, 4) is 5.75 Å². The van der Waals surface area contributed by atoms with Crippen molar-refractivity contribution in [3.63, 3.8) is 0 Å². The van der Waals surface area contributed by atoms with Gasteiger partial charge in [-0.25, -0.2) is 9.42 Å². The number of carbonyl (C=O) groups is 1. The Morgan fingerprint density at radius 2 is 1.88 bits per heavy atom. The maximum absolute atomic E-state index is 13.2. The second-order valence-corrected chi connectivity index (χ2v) is 9.59. The monoisotopic (exact) mass is 485 g/mol. The summed E-state index contributed by atoms with van der Waals surface area (Å²) >= 11 is 7.75. The molecule has 2 aromatic carbocycles. The minimum Gasteiger partial charge on any atom is -0.489 e. The number of halogens is 1. The van der Waals surface area contributed by atoms with Crippen LogP contribution in [0.2, 0.25) is 0 Å². The van der Waals surface area contributed by atoms with Crippen LogP contribution in [0.1, 0.15) is 18.9 Å². The third kappa shape index (κ3) is 5.85. The molecule has 2 heterocycles. The molecule has 1 unspecified atom stereocenters. The van der Waals surface area contributed by atoms with Crippen LogP contribution in [0, 0.1) is 0 Å². The highest BCUT2D eigenvalue weighted by molar-refractivity contribution is 7.96. The van der Waals surface area contributed by atoms with E-state index in [9.17, 15) is 4.79 Å². The summed E-state index contributed by atoms with van der Waals surface area (Å²) in [6, 6.07) is 17.8. The summed E-state index contributed by atoms with van der Waals surface area (Å²) in [7, 11) is 4.04. The summed E-state index contributed by atoms with van der Waals surface area (Å²) in [4.78, 5) is 15.3. The van der Waals surface area contributed by atoms with Gasteiger partial charge in [-0.3, -0.25) is 4.79 Å². The molecule has 0 aliphatic carbocycles. The van der Waals surface area contributed by atoms with Gasteiger partial charge in [0, 0.05) is 23.9 Å². The molecule has 0 spiro atoms. The largest absolute Gasteiger partial charge is 0.489 e. The van der Waals surface area contributed by atoms with Crippen LogP contribution in [0.15, 0.2) is 77.2 Å². The van der Waals surface area contributed by atoms with Gasteiger partial charge in [0.25, 0.3) is 5.91 Å². The number of hydrogen-bond acceptors (Lipinski definition) is 6. The zero-order chi connectivity index (χ0) is 23.4. The lowest BCUT2D eigenvalue weighted by atomic mass is 10.1. The summed E-state index contributed by atoms with van der Waals surface area (Å²) < 4.78 is 13.4. The Balaban J connectivity index is 1.59. The third-order valence-electron chi connectivity index (χ3n) is 5.22. The van der Waals surface area contributed by atoms with E-state index in [1.165, 1.54) is 5.56 Å². The van der Waals surface area contributed by atoms with Crippen molar-refractivity contribution in [2.45, 2.75) is 25.2 Å².